The lowest BCUT2D eigenvalue weighted by molar-refractivity contribution is -0.117. The van der Waals surface area contributed by atoms with Crippen LogP contribution in [0.25, 0.3) is 0 Å². The van der Waals surface area contributed by atoms with Gasteiger partial charge in [0.2, 0.25) is 0 Å². The van der Waals surface area contributed by atoms with Gasteiger partial charge in [-0.05, 0) is 98.5 Å². The molecule has 3 heteroatoms. The van der Waals surface area contributed by atoms with Crippen LogP contribution in [0.1, 0.15) is 64.4 Å². The maximum atomic E-state index is 12.0. The Kier molecular flexibility index (Phi) is 5.05. The quantitative estimate of drug-likeness (QED) is 0.641. The fraction of sp³-hybridized carbons (Fsp3) is 0.607. The van der Waals surface area contributed by atoms with Gasteiger partial charge in [-0.2, -0.15) is 0 Å². The van der Waals surface area contributed by atoms with E-state index in [-0.39, 0.29) is 5.41 Å². The number of carbonyl (C=O) groups excluding carboxylic acids is 1. The van der Waals surface area contributed by atoms with Crippen molar-refractivity contribution in [2.75, 3.05) is 7.11 Å². The zero-order valence-electron chi connectivity index (χ0n) is 19.0. The maximum Gasteiger partial charge on any atom is 0.155 e. The Morgan fingerprint density at radius 2 is 1.90 bits per heavy atom. The smallest absolute Gasteiger partial charge is 0.155 e. The SMILES string of the molecule is COc1ccc(C#C[C@]2(O)CCC3C4C(C)CC5=CC(=O)CCC5C4CC[C@@]32C)cc1. The maximum absolute atomic E-state index is 12.0. The van der Waals surface area contributed by atoms with E-state index in [0.717, 1.165) is 49.8 Å². The molecular weight excluding hydrogens is 384 g/mol. The Bertz CT molecular complexity index is 964. The van der Waals surface area contributed by atoms with Gasteiger partial charge < -0.3 is 9.84 Å². The first-order valence-electron chi connectivity index (χ1n) is 12.0. The van der Waals surface area contributed by atoms with Crippen molar-refractivity contribution in [2.45, 2.75) is 64.4 Å². The summed E-state index contributed by atoms with van der Waals surface area (Å²) in [6, 6.07) is 7.76. The molecule has 0 aromatic heterocycles. The molecule has 1 N–H and O–H groups in total. The first kappa shape index (κ1) is 20.8. The number of rotatable bonds is 1. The molecule has 0 radical (unpaired) electrons. The van der Waals surface area contributed by atoms with E-state index in [1.807, 2.05) is 30.3 Å². The molecule has 0 saturated heterocycles. The van der Waals surface area contributed by atoms with E-state index in [0.29, 0.717) is 41.8 Å². The number of ether oxygens (including phenoxy) is 1. The van der Waals surface area contributed by atoms with Crippen LogP contribution in [0.5, 0.6) is 5.75 Å². The van der Waals surface area contributed by atoms with E-state index in [1.54, 1.807) is 7.11 Å². The molecule has 4 aliphatic rings. The second-order valence-electron chi connectivity index (χ2n) is 10.7. The van der Waals surface area contributed by atoms with E-state index < -0.39 is 5.60 Å². The molecule has 5 rings (SSSR count). The predicted octanol–water partition coefficient (Wildman–Crippen LogP) is 5.17. The van der Waals surface area contributed by atoms with Crippen molar-refractivity contribution in [1.82, 2.24) is 0 Å². The van der Waals surface area contributed by atoms with Crippen molar-refractivity contribution in [2.24, 2.45) is 35.0 Å². The molecule has 7 atom stereocenters. The van der Waals surface area contributed by atoms with Crippen molar-refractivity contribution in [1.29, 1.82) is 0 Å². The molecule has 0 bridgehead atoms. The highest BCUT2D eigenvalue weighted by Gasteiger charge is 2.63. The number of methoxy groups -OCH3 is 1. The molecule has 164 valence electrons. The van der Waals surface area contributed by atoms with Crippen LogP contribution in [0, 0.1) is 46.8 Å². The normalized spacial score (nSPS) is 41.2. The molecule has 0 aliphatic heterocycles. The summed E-state index contributed by atoms with van der Waals surface area (Å²) >= 11 is 0. The molecule has 3 fully saturated rings. The summed E-state index contributed by atoms with van der Waals surface area (Å²) in [4.78, 5) is 12.0. The lowest BCUT2D eigenvalue weighted by Gasteiger charge is -2.56. The largest absolute Gasteiger partial charge is 0.497 e. The van der Waals surface area contributed by atoms with Crippen LogP contribution in [0.2, 0.25) is 0 Å². The molecule has 0 heterocycles. The third kappa shape index (κ3) is 3.26. The van der Waals surface area contributed by atoms with E-state index in [4.69, 9.17) is 4.74 Å². The van der Waals surface area contributed by atoms with Gasteiger partial charge in [-0.15, -0.1) is 0 Å². The van der Waals surface area contributed by atoms with Gasteiger partial charge in [-0.3, -0.25) is 4.79 Å². The van der Waals surface area contributed by atoms with Gasteiger partial charge in [0.05, 0.1) is 7.11 Å². The molecule has 3 nitrogen and oxygen atoms in total. The Hall–Kier alpha value is -2.05. The highest BCUT2D eigenvalue weighted by molar-refractivity contribution is 5.91. The third-order valence-electron chi connectivity index (χ3n) is 9.30. The molecule has 1 aromatic carbocycles. The summed E-state index contributed by atoms with van der Waals surface area (Å²) in [7, 11) is 1.66. The van der Waals surface area contributed by atoms with Crippen LogP contribution < -0.4 is 4.74 Å². The van der Waals surface area contributed by atoms with Gasteiger partial charge in [-0.25, -0.2) is 0 Å². The highest BCUT2D eigenvalue weighted by Crippen LogP contribution is 2.65. The molecule has 5 unspecified atom stereocenters. The summed E-state index contributed by atoms with van der Waals surface area (Å²) in [6.07, 6.45) is 8.76. The average molecular weight is 419 g/mol. The van der Waals surface area contributed by atoms with Crippen molar-refractivity contribution >= 4 is 5.78 Å². The van der Waals surface area contributed by atoms with Crippen LogP contribution in [0.3, 0.4) is 0 Å². The number of ketones is 1. The van der Waals surface area contributed by atoms with E-state index in [9.17, 15) is 9.90 Å². The number of hydrogen-bond donors (Lipinski definition) is 1. The Balaban J connectivity index is 1.42. The molecule has 4 aliphatic carbocycles. The minimum Gasteiger partial charge on any atom is -0.497 e. The van der Waals surface area contributed by atoms with Gasteiger partial charge in [0.1, 0.15) is 11.4 Å². The Labute approximate surface area is 186 Å². The summed E-state index contributed by atoms with van der Waals surface area (Å²) in [6.45, 7) is 4.67. The third-order valence-corrected chi connectivity index (χ3v) is 9.30. The lowest BCUT2D eigenvalue weighted by atomic mass is 9.48. The van der Waals surface area contributed by atoms with Gasteiger partial charge in [-0.1, -0.05) is 31.3 Å². The molecule has 1 aromatic rings. The van der Waals surface area contributed by atoms with Crippen LogP contribution in [-0.2, 0) is 4.79 Å². The second-order valence-corrected chi connectivity index (χ2v) is 10.7. The number of benzene rings is 1. The van der Waals surface area contributed by atoms with Crippen LogP contribution >= 0.6 is 0 Å². The Morgan fingerprint density at radius 1 is 1.13 bits per heavy atom. The van der Waals surface area contributed by atoms with Crippen LogP contribution in [0.15, 0.2) is 35.9 Å². The van der Waals surface area contributed by atoms with Crippen molar-refractivity contribution in [3.63, 3.8) is 0 Å². The lowest BCUT2D eigenvalue weighted by Crippen LogP contribution is -2.54. The molecule has 0 amide bonds. The first-order valence-corrected chi connectivity index (χ1v) is 12.0. The standard InChI is InChI=1S/C28H34O3/c1-18-16-20-17-21(29)6-9-23(20)24-11-13-27(2)25(26(18)24)12-15-28(27,30)14-10-19-4-7-22(31-3)8-5-19/h4-5,7-8,17-18,23-26,30H,6,9,11-13,15-16H2,1-3H3/t18?,23?,24?,25?,26?,27-,28-/m0/s1. The highest BCUT2D eigenvalue weighted by atomic mass is 16.5. The van der Waals surface area contributed by atoms with Crippen LogP contribution in [0.4, 0.5) is 0 Å². The minimum absolute atomic E-state index is 0.159. The van der Waals surface area contributed by atoms with Gasteiger partial charge in [0, 0.05) is 17.4 Å². The fourth-order valence-electron chi connectivity index (χ4n) is 7.66. The van der Waals surface area contributed by atoms with E-state index in [2.05, 4.69) is 25.7 Å². The molecule has 31 heavy (non-hydrogen) atoms. The van der Waals surface area contributed by atoms with Gasteiger partial charge in [0.25, 0.3) is 0 Å². The van der Waals surface area contributed by atoms with Crippen molar-refractivity contribution in [3.8, 4) is 17.6 Å². The summed E-state index contributed by atoms with van der Waals surface area (Å²) in [5.74, 6) is 10.7. The zero-order valence-corrected chi connectivity index (χ0v) is 19.0. The predicted molar refractivity (Wildman–Crippen MR) is 121 cm³/mol. The number of fused-ring (bicyclic) bond motifs is 5. The number of allylic oxidation sites excluding steroid dienone is 1. The van der Waals surface area contributed by atoms with Gasteiger partial charge in [0.15, 0.2) is 5.78 Å². The monoisotopic (exact) mass is 418 g/mol. The summed E-state index contributed by atoms with van der Waals surface area (Å²) in [5.41, 5.74) is 1.25. The van der Waals surface area contributed by atoms with Gasteiger partial charge >= 0.3 is 0 Å². The Morgan fingerprint density at radius 3 is 2.65 bits per heavy atom. The van der Waals surface area contributed by atoms with Crippen molar-refractivity contribution in [3.05, 3.63) is 41.5 Å². The molecule has 3 saturated carbocycles. The summed E-state index contributed by atoms with van der Waals surface area (Å²) < 4.78 is 5.24. The number of carbonyl (C=O) groups is 1. The topological polar surface area (TPSA) is 46.5 Å². The van der Waals surface area contributed by atoms with Crippen molar-refractivity contribution < 1.29 is 14.6 Å². The zero-order chi connectivity index (χ0) is 21.8. The number of hydrogen-bond acceptors (Lipinski definition) is 3. The minimum atomic E-state index is -0.930. The molecule has 0 spiro atoms. The van der Waals surface area contributed by atoms with Crippen LogP contribution in [-0.4, -0.2) is 23.6 Å². The average Bonchev–Trinajstić information content (AvgIpc) is 3.03. The second kappa shape index (κ2) is 7.52. The fourth-order valence-corrected chi connectivity index (χ4v) is 7.66. The summed E-state index contributed by atoms with van der Waals surface area (Å²) in [5, 5.41) is 11.8. The van der Waals surface area contributed by atoms with E-state index >= 15 is 0 Å². The first-order chi connectivity index (χ1) is 14.8. The van der Waals surface area contributed by atoms with E-state index in [1.165, 1.54) is 5.57 Å². The molecular formula is C28H34O3. The number of aliphatic hydroxyl groups is 1.